The number of aliphatic hydroxyl groups is 1. The molecule has 2 atom stereocenters. The summed E-state index contributed by atoms with van der Waals surface area (Å²) in [6.07, 6.45) is 0.880. The number of aliphatic hydroxyl groups excluding tert-OH is 1. The van der Waals surface area contributed by atoms with Gasteiger partial charge in [0.2, 0.25) is 0 Å². The van der Waals surface area contributed by atoms with Crippen molar-refractivity contribution in [1.29, 1.82) is 0 Å². The molecule has 4 nitrogen and oxygen atoms in total. The highest BCUT2D eigenvalue weighted by Gasteiger charge is 2.20. The summed E-state index contributed by atoms with van der Waals surface area (Å²) >= 11 is 5.91. The molecule has 0 aliphatic carbocycles. The Kier molecular flexibility index (Phi) is 5.91. The fraction of sp³-hybridized carbons (Fsp3) is 0.571. The molecule has 19 heavy (non-hydrogen) atoms. The van der Waals surface area contributed by atoms with Gasteiger partial charge in [0.15, 0.2) is 11.5 Å². The second kappa shape index (κ2) is 6.98. The maximum Gasteiger partial charge on any atom is 0.176 e. The van der Waals surface area contributed by atoms with E-state index in [1.807, 2.05) is 0 Å². The van der Waals surface area contributed by atoms with Crippen LogP contribution in [0.15, 0.2) is 12.1 Å². The van der Waals surface area contributed by atoms with E-state index in [0.717, 1.165) is 6.42 Å². The zero-order chi connectivity index (χ0) is 14.6. The molecule has 0 heterocycles. The number of rotatable bonds is 6. The highest BCUT2D eigenvalue weighted by atomic mass is 35.5. The minimum absolute atomic E-state index is 0.114. The summed E-state index contributed by atoms with van der Waals surface area (Å²) < 4.78 is 5.02. The SMILES string of the molecule is COc1cc([C@@H](N)[C@@H](O)CCC(C)C)cc(Cl)c1O. The molecular weight excluding hydrogens is 266 g/mol. The van der Waals surface area contributed by atoms with Gasteiger partial charge in [-0.05, 0) is 36.5 Å². The minimum atomic E-state index is -0.646. The van der Waals surface area contributed by atoms with Gasteiger partial charge in [0.25, 0.3) is 0 Å². The van der Waals surface area contributed by atoms with Crippen molar-refractivity contribution in [2.45, 2.75) is 38.8 Å². The molecule has 0 amide bonds. The van der Waals surface area contributed by atoms with Crippen LogP contribution in [0.2, 0.25) is 5.02 Å². The molecule has 1 aromatic rings. The molecule has 5 heteroatoms. The Morgan fingerprint density at radius 3 is 2.47 bits per heavy atom. The first-order chi connectivity index (χ1) is 8.86. The Morgan fingerprint density at radius 2 is 1.95 bits per heavy atom. The van der Waals surface area contributed by atoms with E-state index >= 15 is 0 Å². The average molecular weight is 288 g/mol. The summed E-state index contributed by atoms with van der Waals surface area (Å²) in [7, 11) is 1.44. The lowest BCUT2D eigenvalue weighted by Crippen LogP contribution is -2.26. The number of aromatic hydroxyl groups is 1. The number of methoxy groups -OCH3 is 1. The topological polar surface area (TPSA) is 75.7 Å². The summed E-state index contributed by atoms with van der Waals surface area (Å²) in [6, 6.07) is 2.61. The Balaban J connectivity index is 2.87. The van der Waals surface area contributed by atoms with Crippen LogP contribution in [-0.2, 0) is 0 Å². The van der Waals surface area contributed by atoms with Crippen molar-refractivity contribution in [3.05, 3.63) is 22.7 Å². The van der Waals surface area contributed by atoms with Gasteiger partial charge in [-0.15, -0.1) is 0 Å². The first kappa shape index (κ1) is 16.1. The number of hydrogen-bond acceptors (Lipinski definition) is 4. The van der Waals surface area contributed by atoms with Crippen LogP contribution >= 0.6 is 11.6 Å². The van der Waals surface area contributed by atoms with Crippen LogP contribution in [0.25, 0.3) is 0 Å². The van der Waals surface area contributed by atoms with Crippen molar-refractivity contribution in [3.8, 4) is 11.5 Å². The van der Waals surface area contributed by atoms with E-state index in [2.05, 4.69) is 13.8 Å². The average Bonchev–Trinajstić information content (AvgIpc) is 2.37. The van der Waals surface area contributed by atoms with Crippen LogP contribution in [0.4, 0.5) is 0 Å². The fourth-order valence-corrected chi connectivity index (χ4v) is 2.07. The lowest BCUT2D eigenvalue weighted by atomic mass is 9.96. The van der Waals surface area contributed by atoms with Crippen LogP contribution < -0.4 is 10.5 Å². The molecule has 0 saturated heterocycles. The van der Waals surface area contributed by atoms with Gasteiger partial charge in [0.05, 0.1) is 24.3 Å². The summed E-state index contributed by atoms with van der Waals surface area (Å²) in [4.78, 5) is 0. The zero-order valence-electron chi connectivity index (χ0n) is 11.6. The molecule has 108 valence electrons. The monoisotopic (exact) mass is 287 g/mol. The van der Waals surface area contributed by atoms with E-state index in [0.29, 0.717) is 17.9 Å². The number of benzene rings is 1. The third kappa shape index (κ3) is 4.27. The molecular formula is C14H22ClNO3. The van der Waals surface area contributed by atoms with Gasteiger partial charge in [0.1, 0.15) is 0 Å². The minimum Gasteiger partial charge on any atom is -0.503 e. The van der Waals surface area contributed by atoms with Crippen LogP contribution in [0, 0.1) is 5.92 Å². The molecule has 0 fully saturated rings. The predicted molar refractivity (Wildman–Crippen MR) is 76.7 cm³/mol. The highest BCUT2D eigenvalue weighted by molar-refractivity contribution is 6.32. The summed E-state index contributed by atoms with van der Waals surface area (Å²) in [6.45, 7) is 4.19. The van der Waals surface area contributed by atoms with Crippen LogP contribution in [-0.4, -0.2) is 23.4 Å². The quantitative estimate of drug-likeness (QED) is 0.752. The molecule has 1 rings (SSSR count). The normalized spacial score (nSPS) is 14.5. The van der Waals surface area contributed by atoms with Gasteiger partial charge in [-0.1, -0.05) is 25.4 Å². The molecule has 0 aliphatic rings. The first-order valence-electron chi connectivity index (χ1n) is 6.36. The van der Waals surface area contributed by atoms with Crippen molar-refractivity contribution < 1.29 is 14.9 Å². The highest BCUT2D eigenvalue weighted by Crippen LogP contribution is 2.37. The second-order valence-electron chi connectivity index (χ2n) is 5.12. The van der Waals surface area contributed by atoms with Gasteiger partial charge in [-0.2, -0.15) is 0 Å². The van der Waals surface area contributed by atoms with Gasteiger partial charge in [-0.25, -0.2) is 0 Å². The molecule has 0 bridgehead atoms. The van der Waals surface area contributed by atoms with Crippen molar-refractivity contribution in [3.63, 3.8) is 0 Å². The van der Waals surface area contributed by atoms with Crippen LogP contribution in [0.5, 0.6) is 11.5 Å². The van der Waals surface area contributed by atoms with Gasteiger partial charge < -0.3 is 20.7 Å². The molecule has 0 saturated carbocycles. The number of halogens is 1. The van der Waals surface area contributed by atoms with Crippen LogP contribution in [0.3, 0.4) is 0 Å². The van der Waals surface area contributed by atoms with Gasteiger partial charge >= 0.3 is 0 Å². The van der Waals surface area contributed by atoms with Crippen molar-refractivity contribution in [2.75, 3.05) is 7.11 Å². The molecule has 0 spiro atoms. The maximum atomic E-state index is 10.1. The zero-order valence-corrected chi connectivity index (χ0v) is 12.3. The summed E-state index contributed by atoms with van der Waals surface area (Å²) in [5.74, 6) is 0.658. The summed E-state index contributed by atoms with van der Waals surface area (Å²) in [5, 5.41) is 19.9. The van der Waals surface area contributed by atoms with Gasteiger partial charge in [-0.3, -0.25) is 0 Å². The Hall–Kier alpha value is -0.970. The number of phenols is 1. The number of phenolic OH excluding ortho intramolecular Hbond substituents is 1. The van der Waals surface area contributed by atoms with E-state index in [9.17, 15) is 10.2 Å². The van der Waals surface area contributed by atoms with Crippen molar-refractivity contribution in [1.82, 2.24) is 0 Å². The van der Waals surface area contributed by atoms with E-state index in [1.54, 1.807) is 12.1 Å². The van der Waals surface area contributed by atoms with Crippen molar-refractivity contribution >= 4 is 11.6 Å². The van der Waals surface area contributed by atoms with Crippen molar-refractivity contribution in [2.24, 2.45) is 11.7 Å². The number of nitrogens with two attached hydrogens (primary N) is 1. The predicted octanol–water partition coefficient (Wildman–Crippen LogP) is 2.85. The standard InChI is InChI=1S/C14H22ClNO3/c1-8(2)4-5-11(17)13(16)9-6-10(15)14(18)12(7-9)19-3/h6-8,11,13,17-18H,4-5,16H2,1-3H3/t11-,13+/m0/s1. The van der Waals surface area contributed by atoms with E-state index < -0.39 is 12.1 Å². The first-order valence-corrected chi connectivity index (χ1v) is 6.74. The fourth-order valence-electron chi connectivity index (χ4n) is 1.85. The molecule has 0 aromatic heterocycles. The second-order valence-corrected chi connectivity index (χ2v) is 5.53. The maximum absolute atomic E-state index is 10.1. The molecule has 0 unspecified atom stereocenters. The Morgan fingerprint density at radius 1 is 1.32 bits per heavy atom. The Labute approximate surface area is 119 Å². The lowest BCUT2D eigenvalue weighted by Gasteiger charge is -2.21. The molecule has 0 radical (unpaired) electrons. The Bertz CT molecular complexity index is 423. The smallest absolute Gasteiger partial charge is 0.176 e. The summed E-state index contributed by atoms with van der Waals surface area (Å²) in [5.41, 5.74) is 6.67. The van der Waals surface area contributed by atoms with E-state index in [-0.39, 0.29) is 16.5 Å². The third-order valence-corrected chi connectivity index (χ3v) is 3.40. The van der Waals surface area contributed by atoms with Crippen LogP contribution in [0.1, 0.15) is 38.3 Å². The lowest BCUT2D eigenvalue weighted by molar-refractivity contribution is 0.128. The number of hydrogen-bond donors (Lipinski definition) is 3. The third-order valence-electron chi connectivity index (χ3n) is 3.11. The van der Waals surface area contributed by atoms with E-state index in [4.69, 9.17) is 22.1 Å². The molecule has 4 N–H and O–H groups in total. The molecule has 1 aromatic carbocycles. The number of ether oxygens (including phenoxy) is 1. The van der Waals surface area contributed by atoms with E-state index in [1.165, 1.54) is 7.11 Å². The molecule has 0 aliphatic heterocycles. The van der Waals surface area contributed by atoms with Gasteiger partial charge in [0, 0.05) is 0 Å². The largest absolute Gasteiger partial charge is 0.503 e.